The number of halogens is 1. The fourth-order valence-corrected chi connectivity index (χ4v) is 2.89. The molecule has 0 aromatic heterocycles. The maximum absolute atomic E-state index is 11.6. The van der Waals surface area contributed by atoms with Gasteiger partial charge in [-0.15, -0.1) is 0 Å². The van der Waals surface area contributed by atoms with Gasteiger partial charge in [0.25, 0.3) is 0 Å². The number of hydrogen-bond donors (Lipinski definition) is 2. The largest absolute Gasteiger partial charge is 0.371 e. The molecule has 1 atom stereocenters. The lowest BCUT2D eigenvalue weighted by atomic mass is 10.1. The summed E-state index contributed by atoms with van der Waals surface area (Å²) >= 11 is 6.09. The van der Waals surface area contributed by atoms with Crippen molar-refractivity contribution in [2.45, 2.75) is 19.8 Å². The number of nitrogens with one attached hydrogen (secondary N) is 2. The number of amides is 1. The molecule has 1 saturated heterocycles. The van der Waals surface area contributed by atoms with Crippen LogP contribution in [0.25, 0.3) is 0 Å². The molecule has 1 fully saturated rings. The lowest BCUT2D eigenvalue weighted by Gasteiger charge is -2.21. The van der Waals surface area contributed by atoms with Crippen LogP contribution in [-0.4, -0.2) is 39.1 Å². The molecule has 1 heterocycles. The third kappa shape index (κ3) is 4.61. The summed E-state index contributed by atoms with van der Waals surface area (Å²) in [4.78, 5) is 14.0. The van der Waals surface area contributed by atoms with Crippen molar-refractivity contribution in [1.29, 1.82) is 0 Å². The Hall–Kier alpha value is -1.26. The Bertz CT molecular complexity index is 492. The molecule has 21 heavy (non-hydrogen) atoms. The maximum Gasteiger partial charge on any atom is 0.221 e. The molecule has 1 unspecified atom stereocenters. The van der Waals surface area contributed by atoms with Gasteiger partial charge in [-0.1, -0.05) is 17.7 Å². The smallest absolute Gasteiger partial charge is 0.221 e. The highest BCUT2D eigenvalue weighted by molar-refractivity contribution is 6.30. The predicted molar refractivity (Wildman–Crippen MR) is 88.1 cm³/mol. The molecular formula is C16H24ClN3O. The molecule has 5 heteroatoms. The Balaban J connectivity index is 1.83. The number of carbonyl (C=O) groups is 1. The van der Waals surface area contributed by atoms with Gasteiger partial charge in [-0.2, -0.15) is 0 Å². The molecule has 1 aliphatic rings. The molecule has 2 N–H and O–H groups in total. The molecule has 1 amide bonds. The van der Waals surface area contributed by atoms with Crippen molar-refractivity contribution in [2.24, 2.45) is 5.92 Å². The van der Waals surface area contributed by atoms with Crippen molar-refractivity contribution in [3.05, 3.63) is 28.8 Å². The van der Waals surface area contributed by atoms with E-state index in [-0.39, 0.29) is 5.91 Å². The van der Waals surface area contributed by atoms with Crippen molar-refractivity contribution >= 4 is 23.2 Å². The predicted octanol–water partition coefficient (Wildman–Crippen LogP) is 2.20. The van der Waals surface area contributed by atoms with Crippen molar-refractivity contribution < 1.29 is 4.79 Å². The van der Waals surface area contributed by atoms with Crippen molar-refractivity contribution in [1.82, 2.24) is 10.6 Å². The maximum atomic E-state index is 11.6. The molecule has 4 nitrogen and oxygen atoms in total. The fraction of sp³-hybridized carbons (Fsp3) is 0.562. The molecule has 0 saturated carbocycles. The average molecular weight is 310 g/mol. The van der Waals surface area contributed by atoms with E-state index in [2.05, 4.69) is 28.5 Å². The van der Waals surface area contributed by atoms with E-state index in [4.69, 9.17) is 11.6 Å². The highest BCUT2D eigenvalue weighted by Gasteiger charge is 2.24. The fourth-order valence-electron chi connectivity index (χ4n) is 2.73. The van der Waals surface area contributed by atoms with E-state index in [1.807, 2.05) is 19.2 Å². The summed E-state index contributed by atoms with van der Waals surface area (Å²) in [6.07, 6.45) is 1.65. The summed E-state index contributed by atoms with van der Waals surface area (Å²) in [5, 5.41) is 6.79. The first kappa shape index (κ1) is 16.1. The monoisotopic (exact) mass is 309 g/mol. The second kappa shape index (κ2) is 7.66. The quantitative estimate of drug-likeness (QED) is 0.847. The number of carbonyl (C=O) groups excluding carboxylic acids is 1. The van der Waals surface area contributed by atoms with E-state index in [0.29, 0.717) is 12.3 Å². The molecule has 1 aliphatic heterocycles. The molecule has 0 aliphatic carbocycles. The van der Waals surface area contributed by atoms with E-state index in [1.165, 1.54) is 11.3 Å². The van der Waals surface area contributed by atoms with Gasteiger partial charge in [0.1, 0.15) is 0 Å². The van der Waals surface area contributed by atoms with Crippen LogP contribution in [0.2, 0.25) is 5.02 Å². The summed E-state index contributed by atoms with van der Waals surface area (Å²) in [6, 6.07) is 6.02. The Morgan fingerprint density at radius 1 is 1.48 bits per heavy atom. The van der Waals surface area contributed by atoms with Gasteiger partial charge >= 0.3 is 0 Å². The normalized spacial score (nSPS) is 18.0. The van der Waals surface area contributed by atoms with Crippen LogP contribution >= 0.6 is 11.6 Å². The van der Waals surface area contributed by atoms with Gasteiger partial charge in [-0.3, -0.25) is 4.79 Å². The molecule has 1 aromatic carbocycles. The summed E-state index contributed by atoms with van der Waals surface area (Å²) in [5.74, 6) is 0.642. The van der Waals surface area contributed by atoms with Gasteiger partial charge in [0.2, 0.25) is 5.91 Å². The van der Waals surface area contributed by atoms with Gasteiger partial charge in [0, 0.05) is 43.3 Å². The van der Waals surface area contributed by atoms with Gasteiger partial charge in [0.05, 0.1) is 0 Å². The second-order valence-corrected chi connectivity index (χ2v) is 6.13. The van der Waals surface area contributed by atoms with Gasteiger partial charge < -0.3 is 15.5 Å². The summed E-state index contributed by atoms with van der Waals surface area (Å²) in [7, 11) is 1.86. The average Bonchev–Trinajstić information content (AvgIpc) is 2.94. The number of benzene rings is 1. The first-order valence-corrected chi connectivity index (χ1v) is 7.90. The van der Waals surface area contributed by atoms with Gasteiger partial charge in [0.15, 0.2) is 0 Å². The van der Waals surface area contributed by atoms with Crippen LogP contribution in [0.15, 0.2) is 18.2 Å². The number of nitrogens with zero attached hydrogens (tertiary/aromatic N) is 1. The number of anilines is 1. The Labute approximate surface area is 131 Å². The first-order chi connectivity index (χ1) is 10.1. The van der Waals surface area contributed by atoms with Crippen LogP contribution < -0.4 is 15.5 Å². The van der Waals surface area contributed by atoms with E-state index >= 15 is 0 Å². The van der Waals surface area contributed by atoms with Crippen LogP contribution in [0.3, 0.4) is 0 Å². The molecule has 0 spiro atoms. The van der Waals surface area contributed by atoms with Crippen LogP contribution in [-0.2, 0) is 4.79 Å². The molecule has 0 bridgehead atoms. The minimum absolute atomic E-state index is 0.127. The van der Waals surface area contributed by atoms with Crippen LogP contribution in [0.5, 0.6) is 0 Å². The molecule has 1 aromatic rings. The summed E-state index contributed by atoms with van der Waals surface area (Å²) < 4.78 is 0. The Morgan fingerprint density at radius 3 is 3.05 bits per heavy atom. The molecule has 2 rings (SSSR count). The lowest BCUT2D eigenvalue weighted by Crippen LogP contribution is -2.32. The number of aryl methyl sites for hydroxylation is 1. The van der Waals surface area contributed by atoms with Gasteiger partial charge in [-0.25, -0.2) is 0 Å². The van der Waals surface area contributed by atoms with E-state index in [0.717, 1.165) is 37.6 Å². The zero-order valence-corrected chi connectivity index (χ0v) is 13.5. The van der Waals surface area contributed by atoms with Crippen molar-refractivity contribution in [3.8, 4) is 0 Å². The minimum Gasteiger partial charge on any atom is -0.371 e. The highest BCUT2D eigenvalue weighted by atomic mass is 35.5. The lowest BCUT2D eigenvalue weighted by molar-refractivity contribution is -0.121. The standard InChI is InChI=1S/C16H24ClN3O/c1-12-3-4-14(17)9-15(12)20-8-6-13(11-20)10-19-16(21)5-7-18-2/h3-4,9,13,18H,5-8,10-11H2,1-2H3,(H,19,21). The summed E-state index contributed by atoms with van der Waals surface area (Å²) in [6.45, 7) is 5.60. The Morgan fingerprint density at radius 2 is 2.29 bits per heavy atom. The zero-order chi connectivity index (χ0) is 15.2. The molecule has 0 radical (unpaired) electrons. The van der Waals surface area contributed by atoms with Gasteiger partial charge in [-0.05, 0) is 44.0 Å². The van der Waals surface area contributed by atoms with E-state index < -0.39 is 0 Å². The zero-order valence-electron chi connectivity index (χ0n) is 12.8. The van der Waals surface area contributed by atoms with Crippen LogP contribution in [0.1, 0.15) is 18.4 Å². The van der Waals surface area contributed by atoms with E-state index in [1.54, 1.807) is 0 Å². The SMILES string of the molecule is CNCCC(=O)NCC1CCN(c2cc(Cl)ccc2C)C1. The molecule has 116 valence electrons. The third-order valence-electron chi connectivity index (χ3n) is 3.99. The first-order valence-electron chi connectivity index (χ1n) is 7.52. The van der Waals surface area contributed by atoms with E-state index in [9.17, 15) is 4.79 Å². The number of rotatable bonds is 6. The second-order valence-electron chi connectivity index (χ2n) is 5.69. The Kier molecular flexibility index (Phi) is 5.88. The van der Waals surface area contributed by atoms with Crippen molar-refractivity contribution in [3.63, 3.8) is 0 Å². The molecular weight excluding hydrogens is 286 g/mol. The minimum atomic E-state index is 0.127. The van der Waals surface area contributed by atoms with Crippen molar-refractivity contribution in [2.75, 3.05) is 38.1 Å². The highest BCUT2D eigenvalue weighted by Crippen LogP contribution is 2.29. The topological polar surface area (TPSA) is 44.4 Å². The third-order valence-corrected chi connectivity index (χ3v) is 4.22. The van der Waals surface area contributed by atoms with Crippen LogP contribution in [0.4, 0.5) is 5.69 Å². The summed E-state index contributed by atoms with van der Waals surface area (Å²) in [5.41, 5.74) is 2.46. The number of hydrogen-bond acceptors (Lipinski definition) is 3. The van der Waals surface area contributed by atoms with Crippen LogP contribution in [0, 0.1) is 12.8 Å².